The summed E-state index contributed by atoms with van der Waals surface area (Å²) >= 11 is 1.87. The number of hydrogen-bond donors (Lipinski definition) is 0. The molecule has 4 heteroatoms. The van der Waals surface area contributed by atoms with Crippen LogP contribution in [-0.4, -0.2) is 6.04 Å². The number of benzene rings is 3. The highest BCUT2D eigenvalue weighted by Crippen LogP contribution is 2.53. The van der Waals surface area contributed by atoms with Crippen LogP contribution in [0.1, 0.15) is 75.3 Å². The van der Waals surface area contributed by atoms with Crippen molar-refractivity contribution in [1.29, 1.82) is 10.5 Å². The van der Waals surface area contributed by atoms with E-state index in [9.17, 15) is 10.5 Å². The molecule has 0 saturated heterocycles. The lowest BCUT2D eigenvalue weighted by Gasteiger charge is -2.36. The normalized spacial score (nSPS) is 22.8. The second-order valence-corrected chi connectivity index (χ2v) is 14.9. The molecule has 224 valence electrons. The molecule has 0 fully saturated rings. The Kier molecular flexibility index (Phi) is 6.24. The van der Waals surface area contributed by atoms with Gasteiger partial charge in [0, 0.05) is 48.0 Å². The summed E-state index contributed by atoms with van der Waals surface area (Å²) in [4.78, 5) is 2.37. The van der Waals surface area contributed by atoms with Gasteiger partial charge in [-0.3, -0.25) is 0 Å². The van der Waals surface area contributed by atoms with E-state index in [1.165, 1.54) is 36.9 Å². The second-order valence-electron chi connectivity index (χ2n) is 13.8. The van der Waals surface area contributed by atoms with E-state index in [0.29, 0.717) is 11.1 Å². The minimum atomic E-state index is -0.302. The average Bonchev–Trinajstić information content (AvgIpc) is 3.64. The summed E-state index contributed by atoms with van der Waals surface area (Å²) in [5.74, 6) is 0. The van der Waals surface area contributed by atoms with Gasteiger partial charge in [-0.2, -0.15) is 10.5 Å². The number of rotatable bonds is 3. The zero-order chi connectivity index (χ0) is 32.0. The first-order valence-electron chi connectivity index (χ1n) is 16.1. The smallest absolute Gasteiger partial charge is 0.0991 e. The second kappa shape index (κ2) is 10.1. The minimum Gasteiger partial charge on any atom is -0.333 e. The van der Waals surface area contributed by atoms with Gasteiger partial charge < -0.3 is 4.90 Å². The van der Waals surface area contributed by atoms with Gasteiger partial charge in [-0.1, -0.05) is 68.0 Å². The van der Waals surface area contributed by atoms with E-state index in [1.54, 1.807) is 5.57 Å². The SMILES string of the molecule is C/C(=C(\C=C(/C)C#N)N1c2ccc(C#N)cc2C2(C)C=CC=CC12)c1ccc2c(c1)sc1cc3c(cc12)C1=C(CCC=C1)C3(C)C. The van der Waals surface area contributed by atoms with Crippen molar-refractivity contribution in [2.24, 2.45) is 0 Å². The summed E-state index contributed by atoms with van der Waals surface area (Å²) < 4.78 is 2.61. The quantitative estimate of drug-likeness (QED) is 0.171. The lowest BCUT2D eigenvalue weighted by molar-refractivity contribution is 0.544. The van der Waals surface area contributed by atoms with E-state index < -0.39 is 0 Å². The van der Waals surface area contributed by atoms with E-state index >= 15 is 0 Å². The third kappa shape index (κ3) is 3.93. The topological polar surface area (TPSA) is 50.8 Å². The molecule has 0 spiro atoms. The molecule has 1 aromatic heterocycles. The van der Waals surface area contributed by atoms with Crippen LogP contribution < -0.4 is 4.90 Å². The number of nitrogens with zero attached hydrogens (tertiary/aromatic N) is 3. The van der Waals surface area contributed by atoms with Gasteiger partial charge in [-0.05, 0) is 109 Å². The van der Waals surface area contributed by atoms with E-state index in [0.717, 1.165) is 40.9 Å². The molecule has 3 nitrogen and oxygen atoms in total. The third-order valence-electron chi connectivity index (χ3n) is 10.8. The monoisotopic (exact) mass is 613 g/mol. The van der Waals surface area contributed by atoms with Gasteiger partial charge in [-0.25, -0.2) is 0 Å². The summed E-state index contributed by atoms with van der Waals surface area (Å²) in [5, 5.41) is 22.2. The first kappa shape index (κ1) is 28.6. The molecule has 3 aliphatic carbocycles. The van der Waals surface area contributed by atoms with Crippen molar-refractivity contribution in [2.75, 3.05) is 4.90 Å². The van der Waals surface area contributed by atoms with E-state index in [2.05, 4.69) is 118 Å². The fourth-order valence-corrected chi connectivity index (χ4v) is 9.44. The largest absolute Gasteiger partial charge is 0.333 e. The number of anilines is 1. The zero-order valence-electron chi connectivity index (χ0n) is 26.9. The maximum Gasteiger partial charge on any atom is 0.0991 e. The maximum absolute atomic E-state index is 9.90. The van der Waals surface area contributed by atoms with Crippen LogP contribution in [0.3, 0.4) is 0 Å². The van der Waals surface area contributed by atoms with Gasteiger partial charge in [0.15, 0.2) is 0 Å². The predicted octanol–water partition coefficient (Wildman–Crippen LogP) is 10.8. The molecule has 4 aromatic rings. The molecule has 2 atom stereocenters. The van der Waals surface area contributed by atoms with Crippen LogP contribution in [0.5, 0.6) is 0 Å². The number of allylic oxidation sites excluding steroid dienone is 9. The van der Waals surface area contributed by atoms with Gasteiger partial charge >= 0.3 is 0 Å². The molecular formula is C42H35N3S. The van der Waals surface area contributed by atoms with Crippen molar-refractivity contribution >= 4 is 48.3 Å². The Balaban J connectivity index is 1.31. The molecule has 1 aliphatic heterocycles. The van der Waals surface area contributed by atoms with E-state index in [1.807, 2.05) is 36.5 Å². The van der Waals surface area contributed by atoms with Crippen LogP contribution in [0.15, 0.2) is 108 Å². The van der Waals surface area contributed by atoms with E-state index in [4.69, 9.17) is 0 Å². The molecular weight excluding hydrogens is 579 g/mol. The first-order chi connectivity index (χ1) is 22.2. The van der Waals surface area contributed by atoms with Crippen molar-refractivity contribution in [3.8, 4) is 12.1 Å². The molecule has 2 unspecified atom stereocenters. The Bertz CT molecular complexity index is 2300. The van der Waals surface area contributed by atoms with Gasteiger partial charge in [0.1, 0.15) is 0 Å². The van der Waals surface area contributed by atoms with Crippen molar-refractivity contribution in [3.05, 3.63) is 136 Å². The van der Waals surface area contributed by atoms with Crippen molar-refractivity contribution in [1.82, 2.24) is 0 Å². The van der Waals surface area contributed by atoms with Crippen LogP contribution in [0.4, 0.5) is 5.69 Å². The predicted molar refractivity (Wildman–Crippen MR) is 193 cm³/mol. The number of fused-ring (bicyclic) bond motifs is 8. The Morgan fingerprint density at radius 3 is 2.59 bits per heavy atom. The number of thiophene rings is 1. The van der Waals surface area contributed by atoms with Crippen LogP contribution in [0.25, 0.3) is 31.3 Å². The van der Waals surface area contributed by atoms with Crippen LogP contribution in [-0.2, 0) is 10.8 Å². The molecule has 0 saturated carbocycles. The summed E-state index contributed by atoms with van der Waals surface area (Å²) in [6, 6.07) is 22.5. The average molecular weight is 614 g/mol. The number of hydrogen-bond acceptors (Lipinski definition) is 4. The van der Waals surface area contributed by atoms with Gasteiger partial charge in [-0.15, -0.1) is 11.3 Å². The molecule has 3 aromatic carbocycles. The highest BCUT2D eigenvalue weighted by molar-refractivity contribution is 7.25. The van der Waals surface area contributed by atoms with Crippen molar-refractivity contribution in [2.45, 2.75) is 64.3 Å². The molecule has 2 heterocycles. The molecule has 4 aliphatic rings. The Hall–Kier alpha value is -4.90. The molecule has 0 radical (unpaired) electrons. The molecule has 0 amide bonds. The fourth-order valence-electron chi connectivity index (χ4n) is 8.27. The van der Waals surface area contributed by atoms with Crippen molar-refractivity contribution in [3.63, 3.8) is 0 Å². The van der Waals surface area contributed by atoms with Crippen molar-refractivity contribution < 1.29 is 0 Å². The zero-order valence-corrected chi connectivity index (χ0v) is 27.7. The van der Waals surface area contributed by atoms with E-state index in [-0.39, 0.29) is 16.9 Å². The lowest BCUT2D eigenvalue weighted by atomic mass is 9.75. The Morgan fingerprint density at radius 1 is 0.957 bits per heavy atom. The maximum atomic E-state index is 9.90. The minimum absolute atomic E-state index is 0.0148. The van der Waals surface area contributed by atoms with Crippen LogP contribution in [0, 0.1) is 22.7 Å². The molecule has 8 rings (SSSR count). The summed E-state index contributed by atoms with van der Waals surface area (Å²) in [5.41, 5.74) is 12.4. The fraction of sp³-hybridized carbons (Fsp3) is 0.238. The molecule has 0 bridgehead atoms. The summed E-state index contributed by atoms with van der Waals surface area (Å²) in [6.07, 6.45) is 17.7. The van der Waals surface area contributed by atoms with Crippen LogP contribution >= 0.6 is 11.3 Å². The summed E-state index contributed by atoms with van der Waals surface area (Å²) in [6.45, 7) is 11.1. The van der Waals surface area contributed by atoms with Gasteiger partial charge in [0.05, 0.1) is 23.7 Å². The lowest BCUT2D eigenvalue weighted by Crippen LogP contribution is -2.41. The third-order valence-corrected chi connectivity index (χ3v) is 11.9. The highest BCUT2D eigenvalue weighted by Gasteiger charge is 2.47. The first-order valence-corrected chi connectivity index (χ1v) is 16.9. The van der Waals surface area contributed by atoms with Gasteiger partial charge in [0.25, 0.3) is 0 Å². The Morgan fingerprint density at radius 2 is 1.78 bits per heavy atom. The summed E-state index contributed by atoms with van der Waals surface area (Å²) in [7, 11) is 0. The Labute approximate surface area is 275 Å². The molecule has 0 N–H and O–H groups in total. The standard InChI is InChI=1S/C42H35N3S/c1-25(23-43)18-37(45-36-16-13-27(24-44)19-35(36)42(5)17-9-8-12-40(42)45)26(2)28-14-15-30-32-21-31-29-10-6-7-11-33(29)41(3,4)34(31)22-39(32)46-38(30)20-28/h6,8-10,12-22,40H,7,11H2,1-5H3/b25-18+,37-26-. The molecule has 46 heavy (non-hydrogen) atoms. The number of nitriles is 2. The highest BCUT2D eigenvalue weighted by atomic mass is 32.1. The van der Waals surface area contributed by atoms with Gasteiger partial charge in [0.2, 0.25) is 0 Å². The van der Waals surface area contributed by atoms with Crippen LogP contribution in [0.2, 0.25) is 0 Å².